The molecule has 0 aromatic heterocycles. The third-order valence-electron chi connectivity index (χ3n) is 4.54. The third kappa shape index (κ3) is 6.40. The highest BCUT2D eigenvalue weighted by Gasteiger charge is 2.27. The number of rotatable bonds is 11. The van der Waals surface area contributed by atoms with Crippen molar-refractivity contribution in [3.8, 4) is 0 Å². The zero-order chi connectivity index (χ0) is 17.6. The smallest absolute Gasteiger partial charge is 0.219 e. The van der Waals surface area contributed by atoms with Crippen LogP contribution in [-0.4, -0.2) is 72.5 Å². The second-order valence-electron chi connectivity index (χ2n) is 6.94. The Kier molecular flexibility index (Phi) is 6.42. The first-order valence-electron chi connectivity index (χ1n) is 9.04. The van der Waals surface area contributed by atoms with E-state index in [4.69, 9.17) is 14.6 Å². The summed E-state index contributed by atoms with van der Waals surface area (Å²) in [7, 11) is 0. The van der Waals surface area contributed by atoms with Crippen molar-refractivity contribution in [2.75, 3.05) is 39.5 Å². The van der Waals surface area contributed by atoms with Crippen LogP contribution in [0.2, 0.25) is 0 Å². The van der Waals surface area contributed by atoms with Crippen LogP contribution in [0.15, 0.2) is 24.3 Å². The van der Waals surface area contributed by atoms with Crippen LogP contribution in [0.5, 0.6) is 0 Å². The zero-order valence-electron chi connectivity index (χ0n) is 14.9. The van der Waals surface area contributed by atoms with Gasteiger partial charge in [0.05, 0.1) is 25.4 Å². The average molecular weight is 348 g/mol. The lowest BCUT2D eigenvalue weighted by atomic mass is 10.1. The molecule has 25 heavy (non-hydrogen) atoms. The molecular weight excluding hydrogens is 320 g/mol. The molecule has 2 heterocycles. The van der Waals surface area contributed by atoms with Crippen molar-refractivity contribution in [1.82, 2.24) is 9.80 Å². The van der Waals surface area contributed by atoms with Gasteiger partial charge in [-0.15, -0.1) is 0 Å². The number of amides is 1. The van der Waals surface area contributed by atoms with Crippen LogP contribution in [0, 0.1) is 0 Å². The van der Waals surface area contributed by atoms with E-state index < -0.39 is 0 Å². The van der Waals surface area contributed by atoms with Gasteiger partial charge in [0, 0.05) is 46.3 Å². The molecule has 2 atom stereocenters. The summed E-state index contributed by atoms with van der Waals surface area (Å²) in [5.74, 6) is 0.0800. The number of aliphatic hydroxyl groups is 1. The van der Waals surface area contributed by atoms with Crippen LogP contribution in [0.4, 0.5) is 0 Å². The van der Waals surface area contributed by atoms with Crippen LogP contribution in [0.3, 0.4) is 0 Å². The normalized spacial score (nSPS) is 21.4. The number of ether oxygens (including phenoxy) is 2. The summed E-state index contributed by atoms with van der Waals surface area (Å²) in [6.45, 7) is 7.30. The lowest BCUT2D eigenvalue weighted by Crippen LogP contribution is -2.32. The third-order valence-corrected chi connectivity index (χ3v) is 4.54. The molecular formula is C19H28N2O4. The highest BCUT2D eigenvalue weighted by atomic mass is 16.6. The zero-order valence-corrected chi connectivity index (χ0v) is 14.9. The number of nitrogens with zero attached hydrogens (tertiary/aromatic N) is 2. The van der Waals surface area contributed by atoms with Gasteiger partial charge in [-0.25, -0.2) is 0 Å². The standard InChI is InChI=1S/C19H28N2O4/c1-15(23)21(12-19-14-25-19)10-17-5-2-4-16(8-17)9-20(6-3-7-22)11-18-13-24-18/h2,4-5,8,18-19,22H,3,6-7,9-14H2,1H3. The van der Waals surface area contributed by atoms with Gasteiger partial charge in [0.1, 0.15) is 0 Å². The molecule has 0 spiro atoms. The van der Waals surface area contributed by atoms with E-state index in [1.54, 1.807) is 6.92 Å². The summed E-state index contributed by atoms with van der Waals surface area (Å²) in [6, 6.07) is 8.40. The molecule has 1 amide bonds. The number of aliphatic hydroxyl groups excluding tert-OH is 1. The molecule has 1 aromatic carbocycles. The van der Waals surface area contributed by atoms with Crippen molar-refractivity contribution in [2.45, 2.75) is 38.6 Å². The Morgan fingerprint density at radius 1 is 1.16 bits per heavy atom. The fraction of sp³-hybridized carbons (Fsp3) is 0.632. The van der Waals surface area contributed by atoms with E-state index in [0.29, 0.717) is 19.2 Å². The molecule has 6 nitrogen and oxygen atoms in total. The Morgan fingerprint density at radius 2 is 1.80 bits per heavy atom. The first-order valence-corrected chi connectivity index (χ1v) is 9.04. The van der Waals surface area contributed by atoms with E-state index in [0.717, 1.165) is 44.8 Å². The Labute approximate surface area is 149 Å². The molecule has 1 aromatic rings. The summed E-state index contributed by atoms with van der Waals surface area (Å²) in [5, 5.41) is 9.10. The molecule has 0 radical (unpaired) electrons. The predicted octanol–water partition coefficient (Wildman–Crippen LogP) is 1.02. The molecule has 0 saturated carbocycles. The largest absolute Gasteiger partial charge is 0.396 e. The summed E-state index contributed by atoms with van der Waals surface area (Å²) in [6.07, 6.45) is 1.32. The van der Waals surface area contributed by atoms with Gasteiger partial charge in [-0.2, -0.15) is 0 Å². The predicted molar refractivity (Wildman–Crippen MR) is 94.0 cm³/mol. The number of carbonyl (C=O) groups excluding carboxylic acids is 1. The molecule has 3 rings (SSSR count). The summed E-state index contributed by atoms with van der Waals surface area (Å²) in [4.78, 5) is 16.0. The SMILES string of the molecule is CC(=O)N(Cc1cccc(CN(CCCO)CC2CO2)c1)CC1CO1. The van der Waals surface area contributed by atoms with E-state index in [1.807, 2.05) is 4.90 Å². The molecule has 2 aliphatic rings. The van der Waals surface area contributed by atoms with Gasteiger partial charge in [0.15, 0.2) is 0 Å². The molecule has 2 saturated heterocycles. The first kappa shape index (κ1) is 18.3. The average Bonchev–Trinajstić information content (AvgIpc) is 3.48. The van der Waals surface area contributed by atoms with E-state index in [2.05, 4.69) is 29.2 Å². The maximum Gasteiger partial charge on any atom is 0.219 e. The molecule has 138 valence electrons. The molecule has 0 bridgehead atoms. The van der Waals surface area contributed by atoms with E-state index >= 15 is 0 Å². The van der Waals surface area contributed by atoms with E-state index in [9.17, 15) is 4.79 Å². The van der Waals surface area contributed by atoms with Crippen LogP contribution in [-0.2, 0) is 27.4 Å². The Balaban J connectivity index is 1.59. The monoisotopic (exact) mass is 348 g/mol. The van der Waals surface area contributed by atoms with Gasteiger partial charge in [0.25, 0.3) is 0 Å². The summed E-state index contributed by atoms with van der Waals surface area (Å²) >= 11 is 0. The number of hydrogen-bond donors (Lipinski definition) is 1. The summed E-state index contributed by atoms with van der Waals surface area (Å²) in [5.41, 5.74) is 2.36. The summed E-state index contributed by atoms with van der Waals surface area (Å²) < 4.78 is 10.6. The van der Waals surface area contributed by atoms with Gasteiger partial charge in [0.2, 0.25) is 5.91 Å². The van der Waals surface area contributed by atoms with Gasteiger partial charge in [-0.3, -0.25) is 9.69 Å². The second kappa shape index (κ2) is 8.76. The minimum atomic E-state index is 0.0800. The molecule has 2 unspecified atom stereocenters. The fourth-order valence-corrected chi connectivity index (χ4v) is 3.02. The Bertz CT molecular complexity index is 572. The first-order chi connectivity index (χ1) is 12.1. The lowest BCUT2D eigenvalue weighted by Gasteiger charge is -2.23. The molecule has 0 aliphatic carbocycles. The van der Waals surface area contributed by atoms with Crippen molar-refractivity contribution in [3.63, 3.8) is 0 Å². The Hall–Kier alpha value is -1.47. The fourth-order valence-electron chi connectivity index (χ4n) is 3.02. The molecule has 2 aliphatic heterocycles. The second-order valence-corrected chi connectivity index (χ2v) is 6.94. The van der Waals surface area contributed by atoms with Gasteiger partial charge >= 0.3 is 0 Å². The molecule has 1 N–H and O–H groups in total. The number of epoxide rings is 2. The van der Waals surface area contributed by atoms with Crippen molar-refractivity contribution < 1.29 is 19.4 Å². The van der Waals surface area contributed by atoms with Gasteiger partial charge in [-0.1, -0.05) is 24.3 Å². The van der Waals surface area contributed by atoms with Crippen LogP contribution >= 0.6 is 0 Å². The van der Waals surface area contributed by atoms with Crippen LogP contribution in [0.25, 0.3) is 0 Å². The van der Waals surface area contributed by atoms with Gasteiger partial charge in [-0.05, 0) is 17.5 Å². The van der Waals surface area contributed by atoms with Crippen molar-refractivity contribution in [3.05, 3.63) is 35.4 Å². The lowest BCUT2D eigenvalue weighted by molar-refractivity contribution is -0.129. The van der Waals surface area contributed by atoms with E-state index in [1.165, 1.54) is 5.56 Å². The van der Waals surface area contributed by atoms with Crippen molar-refractivity contribution in [1.29, 1.82) is 0 Å². The number of hydrogen-bond acceptors (Lipinski definition) is 5. The highest BCUT2D eigenvalue weighted by Crippen LogP contribution is 2.17. The highest BCUT2D eigenvalue weighted by molar-refractivity contribution is 5.73. The number of benzene rings is 1. The minimum absolute atomic E-state index is 0.0800. The van der Waals surface area contributed by atoms with Crippen molar-refractivity contribution in [2.24, 2.45) is 0 Å². The quantitative estimate of drug-likeness (QED) is 0.605. The minimum Gasteiger partial charge on any atom is -0.396 e. The number of carbonyl (C=O) groups is 1. The molecule has 6 heteroatoms. The van der Waals surface area contributed by atoms with Crippen molar-refractivity contribution >= 4 is 5.91 Å². The topological polar surface area (TPSA) is 68.8 Å². The molecule has 2 fully saturated rings. The van der Waals surface area contributed by atoms with Gasteiger partial charge < -0.3 is 19.5 Å². The van der Waals surface area contributed by atoms with E-state index in [-0.39, 0.29) is 18.6 Å². The van der Waals surface area contributed by atoms with Crippen LogP contribution < -0.4 is 0 Å². The Morgan fingerprint density at radius 3 is 2.40 bits per heavy atom. The van der Waals surface area contributed by atoms with Crippen LogP contribution in [0.1, 0.15) is 24.5 Å². The maximum atomic E-state index is 11.8. The maximum absolute atomic E-state index is 11.8.